The van der Waals surface area contributed by atoms with Gasteiger partial charge in [0, 0.05) is 0 Å². The van der Waals surface area contributed by atoms with Crippen LogP contribution in [-0.4, -0.2) is 35.9 Å². The maximum Gasteiger partial charge on any atom is 0.533 e. The number of rotatable bonds is 3. The third-order valence-electron chi connectivity index (χ3n) is 1.32. The summed E-state index contributed by atoms with van der Waals surface area (Å²) in [5.74, 6) is -0.798. The molecule has 0 saturated heterocycles. The Kier molecular flexibility index (Phi) is 5.58. The Morgan fingerprint density at radius 3 is 2.57 bits per heavy atom. The first-order valence-electron chi connectivity index (χ1n) is 4.06. The summed E-state index contributed by atoms with van der Waals surface area (Å²) in [5.41, 5.74) is 6.98. The molecule has 0 heterocycles. The number of aliphatic hydroxyl groups excluding tert-OH is 1. The van der Waals surface area contributed by atoms with Gasteiger partial charge in [0.15, 0.2) is 0 Å². The highest BCUT2D eigenvalue weighted by Gasteiger charge is 2.20. The summed E-state index contributed by atoms with van der Waals surface area (Å²) in [6.07, 6.45) is -2.06. The van der Waals surface area contributed by atoms with Crippen molar-refractivity contribution >= 4 is 12.1 Å². The van der Waals surface area contributed by atoms with E-state index in [1.54, 1.807) is 12.4 Å². The molecule has 7 nitrogen and oxygen atoms in total. The predicted molar refractivity (Wildman–Crippen MR) is 45.9 cm³/mol. The second kappa shape index (κ2) is 6.17. The first-order valence-corrected chi connectivity index (χ1v) is 4.06. The van der Waals surface area contributed by atoms with Gasteiger partial charge in [0.25, 0.3) is 5.91 Å². The second-order valence-corrected chi connectivity index (χ2v) is 2.52. The van der Waals surface area contributed by atoms with E-state index >= 15 is 0 Å². The van der Waals surface area contributed by atoms with E-state index in [-0.39, 0.29) is 6.61 Å². The average Bonchev–Trinajstić information content (AvgIpc) is 2.13. The highest BCUT2D eigenvalue weighted by Crippen LogP contribution is 1.89. The Morgan fingerprint density at radius 1 is 1.57 bits per heavy atom. The SMILES string of the molecule is CCOC(=O)ONC(=O)C(N)C(C)O. The van der Waals surface area contributed by atoms with Crippen molar-refractivity contribution in [3.8, 4) is 0 Å². The number of nitrogens with two attached hydrogens (primary N) is 1. The van der Waals surface area contributed by atoms with Gasteiger partial charge in [-0.3, -0.25) is 4.79 Å². The molecule has 0 rings (SSSR count). The topological polar surface area (TPSA) is 111 Å². The number of hydrogen-bond donors (Lipinski definition) is 3. The number of aliphatic hydroxyl groups is 1. The molecule has 0 aromatic heterocycles. The molecular formula is C7H14N2O5. The van der Waals surface area contributed by atoms with Gasteiger partial charge in [-0.05, 0) is 13.8 Å². The van der Waals surface area contributed by atoms with Crippen LogP contribution >= 0.6 is 0 Å². The zero-order chi connectivity index (χ0) is 11.1. The second-order valence-electron chi connectivity index (χ2n) is 2.52. The summed E-state index contributed by atoms with van der Waals surface area (Å²) < 4.78 is 4.35. The van der Waals surface area contributed by atoms with Gasteiger partial charge in [-0.25, -0.2) is 4.79 Å². The van der Waals surface area contributed by atoms with E-state index in [4.69, 9.17) is 10.8 Å². The quantitative estimate of drug-likeness (QED) is 0.399. The van der Waals surface area contributed by atoms with Crippen LogP contribution in [0.1, 0.15) is 13.8 Å². The Morgan fingerprint density at radius 2 is 2.14 bits per heavy atom. The lowest BCUT2D eigenvalue weighted by atomic mass is 10.2. The van der Waals surface area contributed by atoms with E-state index in [2.05, 4.69) is 9.57 Å². The fourth-order valence-electron chi connectivity index (χ4n) is 0.526. The largest absolute Gasteiger partial charge is 0.533 e. The van der Waals surface area contributed by atoms with Crippen molar-refractivity contribution in [1.29, 1.82) is 0 Å². The molecule has 0 bridgehead atoms. The molecule has 0 aliphatic carbocycles. The number of ether oxygens (including phenoxy) is 1. The van der Waals surface area contributed by atoms with Crippen LogP contribution in [0.5, 0.6) is 0 Å². The van der Waals surface area contributed by atoms with E-state index in [0.717, 1.165) is 0 Å². The molecule has 0 fully saturated rings. The smallest absolute Gasteiger partial charge is 0.433 e. The van der Waals surface area contributed by atoms with E-state index in [1.807, 2.05) is 0 Å². The van der Waals surface area contributed by atoms with Crippen LogP contribution < -0.4 is 11.2 Å². The molecule has 0 spiro atoms. The molecule has 7 heteroatoms. The highest BCUT2D eigenvalue weighted by molar-refractivity contribution is 5.82. The minimum absolute atomic E-state index is 0.136. The van der Waals surface area contributed by atoms with Crippen molar-refractivity contribution in [2.45, 2.75) is 26.0 Å². The number of carbonyl (C=O) groups is 2. The van der Waals surface area contributed by atoms with Crippen LogP contribution in [0.3, 0.4) is 0 Å². The predicted octanol–water partition coefficient (Wildman–Crippen LogP) is -1.10. The maximum absolute atomic E-state index is 11.0. The van der Waals surface area contributed by atoms with E-state index in [1.165, 1.54) is 6.92 Å². The zero-order valence-corrected chi connectivity index (χ0v) is 8.02. The Labute approximate surface area is 81.1 Å². The summed E-state index contributed by atoms with van der Waals surface area (Å²) in [6, 6.07) is -1.15. The van der Waals surface area contributed by atoms with Gasteiger partial charge in [0.2, 0.25) is 0 Å². The number of carbonyl (C=O) groups excluding carboxylic acids is 2. The normalized spacial score (nSPS) is 14.0. The zero-order valence-electron chi connectivity index (χ0n) is 8.02. The van der Waals surface area contributed by atoms with Crippen LogP contribution in [0.4, 0.5) is 4.79 Å². The van der Waals surface area contributed by atoms with Gasteiger partial charge < -0.3 is 20.4 Å². The fraction of sp³-hybridized carbons (Fsp3) is 0.714. The molecule has 0 saturated carbocycles. The number of amides is 1. The summed E-state index contributed by atoms with van der Waals surface area (Å²) in [4.78, 5) is 25.7. The molecule has 14 heavy (non-hydrogen) atoms. The van der Waals surface area contributed by atoms with Crippen molar-refractivity contribution in [2.75, 3.05) is 6.61 Å². The molecule has 0 aromatic rings. The van der Waals surface area contributed by atoms with E-state index < -0.39 is 24.2 Å². The minimum Gasteiger partial charge on any atom is -0.433 e. The summed E-state index contributed by atoms with van der Waals surface area (Å²) in [5, 5.41) is 8.90. The number of nitrogens with one attached hydrogen (secondary N) is 1. The Hall–Kier alpha value is -1.34. The Balaban J connectivity index is 3.79. The third-order valence-corrected chi connectivity index (χ3v) is 1.32. The molecular weight excluding hydrogens is 192 g/mol. The first kappa shape index (κ1) is 12.7. The molecule has 4 N–H and O–H groups in total. The first-order chi connectivity index (χ1) is 6.49. The van der Waals surface area contributed by atoms with Crippen LogP contribution in [0.25, 0.3) is 0 Å². The third kappa shape index (κ3) is 4.63. The van der Waals surface area contributed by atoms with Crippen LogP contribution in [-0.2, 0) is 14.4 Å². The number of hydroxylamine groups is 1. The molecule has 1 amide bonds. The van der Waals surface area contributed by atoms with Crippen molar-refractivity contribution in [1.82, 2.24) is 5.48 Å². The molecule has 0 aliphatic heterocycles. The number of hydrogen-bond acceptors (Lipinski definition) is 6. The van der Waals surface area contributed by atoms with Crippen molar-refractivity contribution in [3.05, 3.63) is 0 Å². The molecule has 2 unspecified atom stereocenters. The summed E-state index contributed by atoms with van der Waals surface area (Å²) in [7, 11) is 0. The van der Waals surface area contributed by atoms with Gasteiger partial charge >= 0.3 is 6.16 Å². The summed E-state index contributed by atoms with van der Waals surface area (Å²) >= 11 is 0. The lowest BCUT2D eigenvalue weighted by Crippen LogP contribution is -2.47. The monoisotopic (exact) mass is 206 g/mol. The van der Waals surface area contributed by atoms with Crippen molar-refractivity contribution < 1.29 is 24.3 Å². The van der Waals surface area contributed by atoms with E-state index in [0.29, 0.717) is 0 Å². The van der Waals surface area contributed by atoms with E-state index in [9.17, 15) is 9.59 Å². The Bertz CT molecular complexity index is 206. The molecule has 2 atom stereocenters. The lowest BCUT2D eigenvalue weighted by molar-refractivity contribution is -0.134. The average molecular weight is 206 g/mol. The molecule has 0 aliphatic rings. The van der Waals surface area contributed by atoms with Gasteiger partial charge in [-0.2, -0.15) is 5.48 Å². The van der Waals surface area contributed by atoms with Gasteiger partial charge in [-0.15, -0.1) is 0 Å². The van der Waals surface area contributed by atoms with Crippen LogP contribution in [0.2, 0.25) is 0 Å². The fourth-order valence-corrected chi connectivity index (χ4v) is 0.526. The van der Waals surface area contributed by atoms with Crippen molar-refractivity contribution in [3.63, 3.8) is 0 Å². The standard InChI is InChI=1S/C7H14N2O5/c1-3-13-7(12)14-9-6(11)5(8)4(2)10/h4-5,10H,3,8H2,1-2H3,(H,9,11). The molecule has 0 aromatic carbocycles. The van der Waals surface area contributed by atoms with Gasteiger partial charge in [-0.1, -0.05) is 0 Å². The van der Waals surface area contributed by atoms with Crippen molar-refractivity contribution in [2.24, 2.45) is 5.73 Å². The van der Waals surface area contributed by atoms with Crippen LogP contribution in [0, 0.1) is 0 Å². The minimum atomic E-state index is -1.15. The lowest BCUT2D eigenvalue weighted by Gasteiger charge is -2.13. The summed E-state index contributed by atoms with van der Waals surface area (Å²) in [6.45, 7) is 3.07. The highest BCUT2D eigenvalue weighted by atomic mass is 16.8. The maximum atomic E-state index is 11.0. The van der Waals surface area contributed by atoms with Gasteiger partial charge in [0.1, 0.15) is 6.04 Å². The molecule has 82 valence electrons. The molecule has 0 radical (unpaired) electrons. The van der Waals surface area contributed by atoms with Crippen LogP contribution in [0.15, 0.2) is 0 Å². The van der Waals surface area contributed by atoms with Gasteiger partial charge in [0.05, 0.1) is 12.7 Å².